The molecule has 1 N–H and O–H groups in total. The van der Waals surface area contributed by atoms with E-state index in [9.17, 15) is 4.39 Å². The van der Waals surface area contributed by atoms with Gasteiger partial charge in [0.25, 0.3) is 5.82 Å². The lowest BCUT2D eigenvalue weighted by atomic mass is 10.1. The lowest BCUT2D eigenvalue weighted by molar-refractivity contribution is 0.423. The predicted molar refractivity (Wildman–Crippen MR) is 72.6 cm³/mol. The minimum atomic E-state index is -0.305. The highest BCUT2D eigenvalue weighted by Gasteiger charge is 2.13. The normalized spacial score (nSPS) is 11.3. The zero-order valence-corrected chi connectivity index (χ0v) is 11.7. The summed E-state index contributed by atoms with van der Waals surface area (Å²) in [5.41, 5.74) is 1.38. The summed E-state index contributed by atoms with van der Waals surface area (Å²) in [7, 11) is 0. The van der Waals surface area contributed by atoms with Gasteiger partial charge in [0.05, 0.1) is 5.69 Å². The molecule has 0 unspecified atom stereocenters. The summed E-state index contributed by atoms with van der Waals surface area (Å²) in [6.07, 6.45) is 1.45. The Bertz CT molecular complexity index is 648. The standard InChI is InChI=1S/C14H16FN5/c1-14(2,3)18-8-10-6-11(15)4-5-12(10)20-9-17-13(7-16)19-20/h4-6,9,18H,8H2,1-3H3. The minimum Gasteiger partial charge on any atom is -0.308 e. The Morgan fingerprint density at radius 3 is 2.75 bits per heavy atom. The highest BCUT2D eigenvalue weighted by atomic mass is 19.1. The van der Waals surface area contributed by atoms with Crippen molar-refractivity contribution < 1.29 is 4.39 Å². The first-order valence-electron chi connectivity index (χ1n) is 6.24. The zero-order valence-electron chi connectivity index (χ0n) is 11.7. The van der Waals surface area contributed by atoms with Crippen LogP contribution in [-0.4, -0.2) is 20.3 Å². The van der Waals surface area contributed by atoms with Crippen molar-refractivity contribution in [2.45, 2.75) is 32.9 Å². The average Bonchev–Trinajstić information content (AvgIpc) is 2.84. The van der Waals surface area contributed by atoms with Crippen LogP contribution in [0.4, 0.5) is 4.39 Å². The number of nitrogens with one attached hydrogen (secondary N) is 1. The van der Waals surface area contributed by atoms with Gasteiger partial charge in [0.2, 0.25) is 0 Å². The Balaban J connectivity index is 2.35. The van der Waals surface area contributed by atoms with E-state index >= 15 is 0 Å². The van der Waals surface area contributed by atoms with Gasteiger partial charge in [-0.05, 0) is 44.5 Å². The van der Waals surface area contributed by atoms with Crippen LogP contribution in [-0.2, 0) is 6.54 Å². The van der Waals surface area contributed by atoms with E-state index in [0.717, 1.165) is 5.56 Å². The molecule has 1 aromatic heterocycles. The van der Waals surface area contributed by atoms with Crippen molar-refractivity contribution in [1.29, 1.82) is 5.26 Å². The van der Waals surface area contributed by atoms with Crippen molar-refractivity contribution in [2.75, 3.05) is 0 Å². The van der Waals surface area contributed by atoms with Crippen LogP contribution in [0.2, 0.25) is 0 Å². The van der Waals surface area contributed by atoms with Crippen LogP contribution in [0.25, 0.3) is 5.69 Å². The highest BCUT2D eigenvalue weighted by Crippen LogP contribution is 2.16. The molecular formula is C14H16FN5. The van der Waals surface area contributed by atoms with Gasteiger partial charge < -0.3 is 5.32 Å². The number of benzene rings is 1. The summed E-state index contributed by atoms with van der Waals surface area (Å²) in [5, 5.41) is 16.1. The van der Waals surface area contributed by atoms with E-state index in [1.54, 1.807) is 6.07 Å². The molecule has 0 radical (unpaired) electrons. The number of aromatic nitrogens is 3. The molecule has 0 fully saturated rings. The van der Waals surface area contributed by atoms with Crippen molar-refractivity contribution in [1.82, 2.24) is 20.1 Å². The van der Waals surface area contributed by atoms with E-state index < -0.39 is 0 Å². The molecule has 0 spiro atoms. The fraction of sp³-hybridized carbons (Fsp3) is 0.357. The number of nitrogens with zero attached hydrogens (tertiary/aromatic N) is 4. The largest absolute Gasteiger partial charge is 0.308 e. The Morgan fingerprint density at radius 2 is 2.15 bits per heavy atom. The Kier molecular flexibility index (Phi) is 3.81. The summed E-state index contributed by atoms with van der Waals surface area (Å²) < 4.78 is 14.9. The minimum absolute atomic E-state index is 0.0796. The van der Waals surface area contributed by atoms with Crippen molar-refractivity contribution >= 4 is 0 Å². The molecule has 0 bridgehead atoms. The molecule has 6 heteroatoms. The van der Waals surface area contributed by atoms with Crippen LogP contribution in [0, 0.1) is 17.1 Å². The fourth-order valence-electron chi connectivity index (χ4n) is 1.71. The quantitative estimate of drug-likeness (QED) is 0.930. The van der Waals surface area contributed by atoms with Gasteiger partial charge in [-0.25, -0.2) is 14.1 Å². The van der Waals surface area contributed by atoms with Gasteiger partial charge in [0.15, 0.2) is 0 Å². The second-order valence-electron chi connectivity index (χ2n) is 5.50. The number of halogens is 1. The molecule has 104 valence electrons. The van der Waals surface area contributed by atoms with Crippen LogP contribution in [0.3, 0.4) is 0 Å². The van der Waals surface area contributed by atoms with Crippen LogP contribution in [0.15, 0.2) is 24.5 Å². The van der Waals surface area contributed by atoms with E-state index in [1.807, 2.05) is 26.8 Å². The van der Waals surface area contributed by atoms with Crippen molar-refractivity contribution in [3.63, 3.8) is 0 Å². The summed E-state index contributed by atoms with van der Waals surface area (Å²) in [6.45, 7) is 6.61. The van der Waals surface area contributed by atoms with Crippen molar-refractivity contribution in [2.24, 2.45) is 0 Å². The summed E-state index contributed by atoms with van der Waals surface area (Å²) in [6, 6.07) is 6.33. The molecule has 1 heterocycles. The molecule has 2 rings (SSSR count). The second-order valence-corrected chi connectivity index (χ2v) is 5.50. The zero-order chi connectivity index (χ0) is 14.8. The van der Waals surface area contributed by atoms with Crippen molar-refractivity contribution in [3.8, 4) is 11.8 Å². The van der Waals surface area contributed by atoms with Crippen molar-refractivity contribution in [3.05, 3.63) is 41.7 Å². The van der Waals surface area contributed by atoms with Gasteiger partial charge in [-0.1, -0.05) is 0 Å². The van der Waals surface area contributed by atoms with E-state index in [0.29, 0.717) is 12.2 Å². The van der Waals surface area contributed by atoms with Gasteiger partial charge >= 0.3 is 0 Å². The van der Waals surface area contributed by atoms with Gasteiger partial charge in [0, 0.05) is 12.1 Å². The topological polar surface area (TPSA) is 66.5 Å². The van der Waals surface area contributed by atoms with Crippen LogP contribution in [0.1, 0.15) is 32.2 Å². The van der Waals surface area contributed by atoms with Gasteiger partial charge in [-0.15, -0.1) is 5.10 Å². The molecule has 0 atom stereocenters. The summed E-state index contributed by atoms with van der Waals surface area (Å²) >= 11 is 0. The molecule has 0 aliphatic carbocycles. The third-order valence-electron chi connectivity index (χ3n) is 2.69. The molecule has 2 aromatic rings. The fourth-order valence-corrected chi connectivity index (χ4v) is 1.71. The lowest BCUT2D eigenvalue weighted by Gasteiger charge is -2.21. The second kappa shape index (κ2) is 5.39. The van der Waals surface area contributed by atoms with E-state index in [2.05, 4.69) is 15.4 Å². The molecule has 5 nitrogen and oxygen atoms in total. The lowest BCUT2D eigenvalue weighted by Crippen LogP contribution is -2.35. The van der Waals surface area contributed by atoms with Gasteiger partial charge in [0.1, 0.15) is 18.2 Å². The summed E-state index contributed by atoms with van der Waals surface area (Å²) in [5.74, 6) is -0.218. The van der Waals surface area contributed by atoms with Gasteiger partial charge in [-0.2, -0.15) is 5.26 Å². The Hall–Kier alpha value is -2.26. The van der Waals surface area contributed by atoms with Gasteiger partial charge in [-0.3, -0.25) is 0 Å². The van der Waals surface area contributed by atoms with Crippen LogP contribution < -0.4 is 5.32 Å². The molecule has 0 aliphatic rings. The first-order valence-corrected chi connectivity index (χ1v) is 6.24. The van der Waals surface area contributed by atoms with E-state index in [-0.39, 0.29) is 17.2 Å². The first kappa shape index (κ1) is 14.2. The maximum absolute atomic E-state index is 13.4. The smallest absolute Gasteiger partial charge is 0.252 e. The predicted octanol–water partition coefficient (Wildman–Crippen LogP) is 2.17. The van der Waals surface area contributed by atoms with E-state index in [4.69, 9.17) is 5.26 Å². The molecular weight excluding hydrogens is 257 g/mol. The first-order chi connectivity index (χ1) is 9.39. The van der Waals surface area contributed by atoms with Crippen LogP contribution >= 0.6 is 0 Å². The molecule has 0 amide bonds. The van der Waals surface area contributed by atoms with E-state index in [1.165, 1.54) is 23.1 Å². The van der Waals surface area contributed by atoms with Crippen LogP contribution in [0.5, 0.6) is 0 Å². The molecule has 1 aromatic carbocycles. The maximum Gasteiger partial charge on any atom is 0.252 e. The number of nitriles is 1. The Labute approximate surface area is 117 Å². The average molecular weight is 273 g/mol. The number of hydrogen-bond acceptors (Lipinski definition) is 4. The highest BCUT2D eigenvalue weighted by molar-refractivity contribution is 5.40. The summed E-state index contributed by atoms with van der Waals surface area (Å²) in [4.78, 5) is 3.86. The SMILES string of the molecule is CC(C)(C)NCc1cc(F)ccc1-n1cnc(C#N)n1. The monoisotopic (exact) mass is 273 g/mol. The maximum atomic E-state index is 13.4. The molecule has 20 heavy (non-hydrogen) atoms. The number of rotatable bonds is 3. The molecule has 0 saturated heterocycles. The third kappa shape index (κ3) is 3.39. The Morgan fingerprint density at radius 1 is 1.40 bits per heavy atom. The number of hydrogen-bond donors (Lipinski definition) is 1. The molecule has 0 saturated carbocycles. The molecule has 0 aliphatic heterocycles. The third-order valence-corrected chi connectivity index (χ3v) is 2.69.